The number of hydrogen-bond donors (Lipinski definition) is 2. The quantitative estimate of drug-likeness (QED) is 0.570. The summed E-state index contributed by atoms with van der Waals surface area (Å²) in [4.78, 5) is 13.1. The summed E-state index contributed by atoms with van der Waals surface area (Å²) in [6.45, 7) is 3.81. The zero-order valence-electron chi connectivity index (χ0n) is 15.5. The molecule has 0 bridgehead atoms. The molecule has 3 aromatic rings. The van der Waals surface area contributed by atoms with Crippen molar-refractivity contribution in [1.29, 1.82) is 0 Å². The van der Waals surface area contributed by atoms with Crippen LogP contribution in [0.4, 0.5) is 11.4 Å². The number of carbonyl (C=O) groups excluding carboxylic acids is 1. The average molecular weight is 413 g/mol. The highest BCUT2D eigenvalue weighted by atomic mass is 32.2. The van der Waals surface area contributed by atoms with E-state index in [1.807, 2.05) is 43.5 Å². The molecule has 0 saturated carbocycles. The van der Waals surface area contributed by atoms with Crippen molar-refractivity contribution in [2.45, 2.75) is 18.7 Å². The van der Waals surface area contributed by atoms with Crippen LogP contribution in [0.15, 0.2) is 70.9 Å². The molecule has 7 heteroatoms. The number of hydrogen-bond acceptors (Lipinski definition) is 4. The predicted molar refractivity (Wildman–Crippen MR) is 115 cm³/mol. The van der Waals surface area contributed by atoms with Crippen LogP contribution >= 0.6 is 11.3 Å². The minimum Gasteiger partial charge on any atom is -0.323 e. The van der Waals surface area contributed by atoms with Gasteiger partial charge in [-0.3, -0.25) is 9.52 Å². The van der Waals surface area contributed by atoms with Crippen LogP contribution in [0.5, 0.6) is 0 Å². The minimum absolute atomic E-state index is 0.125. The third-order valence-corrected chi connectivity index (χ3v) is 6.22. The molecular formula is C21H20N2O3S2. The molecule has 1 aromatic heterocycles. The minimum atomic E-state index is -3.71. The van der Waals surface area contributed by atoms with Gasteiger partial charge >= 0.3 is 0 Å². The number of thiophene rings is 1. The number of amides is 1. The first-order chi connectivity index (χ1) is 13.3. The summed E-state index contributed by atoms with van der Waals surface area (Å²) < 4.78 is 27.8. The summed E-state index contributed by atoms with van der Waals surface area (Å²) in [6.07, 6.45) is 3.17. The van der Waals surface area contributed by atoms with E-state index < -0.39 is 10.0 Å². The Hall–Kier alpha value is -2.90. The molecule has 144 valence electrons. The summed E-state index contributed by atoms with van der Waals surface area (Å²) in [6, 6.07) is 15.4. The molecule has 0 unspecified atom stereocenters. The van der Waals surface area contributed by atoms with Crippen LogP contribution in [0, 0.1) is 13.8 Å². The van der Waals surface area contributed by atoms with E-state index in [2.05, 4.69) is 10.0 Å². The number of benzene rings is 2. The van der Waals surface area contributed by atoms with Crippen molar-refractivity contribution in [2.24, 2.45) is 0 Å². The van der Waals surface area contributed by atoms with Gasteiger partial charge < -0.3 is 5.32 Å². The lowest BCUT2D eigenvalue weighted by molar-refractivity contribution is -0.111. The number of aryl methyl sites for hydroxylation is 2. The molecule has 2 aromatic carbocycles. The maximum Gasteiger partial charge on any atom is 0.261 e. The molecule has 0 radical (unpaired) electrons. The summed E-state index contributed by atoms with van der Waals surface area (Å²) >= 11 is 1.54. The van der Waals surface area contributed by atoms with Crippen molar-refractivity contribution in [3.05, 3.63) is 82.1 Å². The molecule has 0 atom stereocenters. The van der Waals surface area contributed by atoms with Crippen molar-refractivity contribution < 1.29 is 13.2 Å². The van der Waals surface area contributed by atoms with Gasteiger partial charge in [0, 0.05) is 16.6 Å². The number of nitrogens with one attached hydrogen (secondary N) is 2. The predicted octanol–water partition coefficient (Wildman–Crippen LogP) is 4.82. The molecule has 1 heterocycles. The van der Waals surface area contributed by atoms with E-state index in [1.54, 1.807) is 24.3 Å². The van der Waals surface area contributed by atoms with Crippen LogP contribution in [0.3, 0.4) is 0 Å². The van der Waals surface area contributed by atoms with E-state index >= 15 is 0 Å². The second kappa shape index (κ2) is 8.41. The Labute approximate surface area is 168 Å². The molecule has 0 spiro atoms. The largest absolute Gasteiger partial charge is 0.323 e. The van der Waals surface area contributed by atoms with Gasteiger partial charge in [-0.2, -0.15) is 0 Å². The normalized spacial score (nSPS) is 11.5. The van der Waals surface area contributed by atoms with Crippen LogP contribution in [0.25, 0.3) is 6.08 Å². The molecule has 28 heavy (non-hydrogen) atoms. The molecular weight excluding hydrogens is 392 g/mol. The van der Waals surface area contributed by atoms with Gasteiger partial charge in [0.2, 0.25) is 5.91 Å². The molecule has 5 nitrogen and oxygen atoms in total. The Bertz CT molecular complexity index is 1100. The number of sulfonamides is 1. The van der Waals surface area contributed by atoms with E-state index in [9.17, 15) is 13.2 Å². The molecule has 0 aliphatic heterocycles. The molecule has 3 rings (SSSR count). The van der Waals surface area contributed by atoms with Gasteiger partial charge in [0.05, 0.1) is 10.6 Å². The molecule has 2 N–H and O–H groups in total. The Morgan fingerprint density at radius 3 is 2.43 bits per heavy atom. The van der Waals surface area contributed by atoms with Crippen LogP contribution in [-0.2, 0) is 14.8 Å². The number of carbonyl (C=O) groups is 1. The monoisotopic (exact) mass is 412 g/mol. The van der Waals surface area contributed by atoms with E-state index in [4.69, 9.17) is 0 Å². The molecule has 0 saturated heterocycles. The van der Waals surface area contributed by atoms with Crippen LogP contribution < -0.4 is 10.0 Å². The summed E-state index contributed by atoms with van der Waals surface area (Å²) in [5.74, 6) is -0.280. The molecule has 1 amide bonds. The average Bonchev–Trinajstić information content (AvgIpc) is 3.16. The maximum absolute atomic E-state index is 12.6. The fourth-order valence-corrected chi connectivity index (χ4v) is 4.33. The summed E-state index contributed by atoms with van der Waals surface area (Å²) in [7, 11) is -3.71. The van der Waals surface area contributed by atoms with Gasteiger partial charge in [-0.15, -0.1) is 11.3 Å². The van der Waals surface area contributed by atoms with Gasteiger partial charge in [-0.25, -0.2) is 8.42 Å². The van der Waals surface area contributed by atoms with Crippen molar-refractivity contribution in [2.75, 3.05) is 10.0 Å². The lowest BCUT2D eigenvalue weighted by Gasteiger charge is -2.11. The van der Waals surface area contributed by atoms with E-state index in [0.29, 0.717) is 11.4 Å². The second-order valence-corrected chi connectivity index (χ2v) is 8.95. The molecule has 0 aliphatic rings. The Kier molecular flexibility index (Phi) is 5.96. The number of rotatable bonds is 6. The first-order valence-electron chi connectivity index (χ1n) is 8.56. The van der Waals surface area contributed by atoms with Crippen molar-refractivity contribution in [3.8, 4) is 0 Å². The van der Waals surface area contributed by atoms with Crippen LogP contribution in [0.2, 0.25) is 0 Å². The Morgan fingerprint density at radius 1 is 1.04 bits per heavy atom. The van der Waals surface area contributed by atoms with Crippen molar-refractivity contribution >= 4 is 44.7 Å². The summed E-state index contributed by atoms with van der Waals surface area (Å²) in [5, 5.41) is 4.65. The van der Waals surface area contributed by atoms with E-state index in [-0.39, 0.29) is 10.8 Å². The first kappa shape index (κ1) is 19.9. The highest BCUT2D eigenvalue weighted by molar-refractivity contribution is 7.92. The third-order valence-electron chi connectivity index (χ3n) is 4.00. The van der Waals surface area contributed by atoms with Crippen molar-refractivity contribution in [3.63, 3.8) is 0 Å². The van der Waals surface area contributed by atoms with E-state index in [1.165, 1.54) is 29.5 Å². The fourth-order valence-electron chi connectivity index (χ4n) is 2.58. The third kappa shape index (κ3) is 5.09. The zero-order valence-corrected chi connectivity index (χ0v) is 17.1. The topological polar surface area (TPSA) is 75.3 Å². The Morgan fingerprint density at radius 2 is 1.79 bits per heavy atom. The highest BCUT2D eigenvalue weighted by Crippen LogP contribution is 2.22. The molecule has 0 aliphatic carbocycles. The lowest BCUT2D eigenvalue weighted by Crippen LogP contribution is -2.14. The maximum atomic E-state index is 12.6. The van der Waals surface area contributed by atoms with Gasteiger partial charge in [0.1, 0.15) is 0 Å². The van der Waals surface area contributed by atoms with Gasteiger partial charge in [0.25, 0.3) is 10.0 Å². The van der Waals surface area contributed by atoms with Gasteiger partial charge in [0.15, 0.2) is 0 Å². The van der Waals surface area contributed by atoms with Gasteiger partial charge in [-0.05, 0) is 67.3 Å². The fraction of sp³-hybridized carbons (Fsp3) is 0.0952. The number of anilines is 2. The standard InChI is InChI=1S/C21H20N2O3S2/c1-15-5-11-20(16(2)14-15)23-28(25,26)19-9-6-17(7-10-19)22-21(24)12-8-18-4-3-13-27-18/h3-14,23H,1-2H3,(H,22,24)/b12-8+. The smallest absolute Gasteiger partial charge is 0.261 e. The lowest BCUT2D eigenvalue weighted by atomic mass is 10.1. The van der Waals surface area contributed by atoms with Crippen molar-refractivity contribution in [1.82, 2.24) is 0 Å². The highest BCUT2D eigenvalue weighted by Gasteiger charge is 2.15. The van der Waals surface area contributed by atoms with Gasteiger partial charge in [-0.1, -0.05) is 23.8 Å². The zero-order chi connectivity index (χ0) is 20.1. The second-order valence-electron chi connectivity index (χ2n) is 6.29. The van der Waals surface area contributed by atoms with E-state index in [0.717, 1.165) is 16.0 Å². The van der Waals surface area contributed by atoms with Crippen LogP contribution in [-0.4, -0.2) is 14.3 Å². The Balaban J connectivity index is 1.68. The SMILES string of the molecule is Cc1ccc(NS(=O)(=O)c2ccc(NC(=O)/C=C/c3cccs3)cc2)c(C)c1. The van der Waals surface area contributed by atoms with Crippen LogP contribution in [0.1, 0.15) is 16.0 Å². The first-order valence-corrected chi connectivity index (χ1v) is 10.9. The molecule has 0 fully saturated rings. The summed E-state index contributed by atoms with van der Waals surface area (Å²) in [5.41, 5.74) is 2.98.